The first-order chi connectivity index (χ1) is 8.52. The van der Waals surface area contributed by atoms with Crippen LogP contribution < -0.4 is 5.63 Å². The number of rotatable bonds is 0. The van der Waals surface area contributed by atoms with Crippen LogP contribution in [0.15, 0.2) is 9.21 Å². The first-order valence-corrected chi connectivity index (χ1v) is 6.57. The van der Waals surface area contributed by atoms with Crippen LogP contribution >= 0.6 is 0 Å². The molecule has 0 aliphatic heterocycles. The normalized spacial score (nSPS) is 14.2. The van der Waals surface area contributed by atoms with Gasteiger partial charge in [-0.2, -0.15) is 0 Å². The molecule has 0 N–H and O–H groups in total. The summed E-state index contributed by atoms with van der Waals surface area (Å²) in [5.41, 5.74) is 7.78. The standard InChI is InChI=1S/C16H18O2/c1-8-9(2)11(4)15-14(10(8)3)12-6-5-7-13(12)16(17)18-15/h5-7H2,1-4H3. The van der Waals surface area contributed by atoms with Crippen molar-refractivity contribution in [3.8, 4) is 0 Å². The van der Waals surface area contributed by atoms with E-state index >= 15 is 0 Å². The summed E-state index contributed by atoms with van der Waals surface area (Å²) in [6.07, 6.45) is 2.96. The molecule has 3 rings (SSSR count). The number of fused-ring (bicyclic) bond motifs is 3. The summed E-state index contributed by atoms with van der Waals surface area (Å²) in [7, 11) is 0. The third kappa shape index (κ3) is 1.32. The van der Waals surface area contributed by atoms with Crippen molar-refractivity contribution in [2.45, 2.75) is 47.0 Å². The van der Waals surface area contributed by atoms with E-state index < -0.39 is 0 Å². The Hall–Kier alpha value is -1.57. The first kappa shape index (κ1) is 11.5. The maximum atomic E-state index is 12.0. The number of hydrogen-bond donors (Lipinski definition) is 0. The molecule has 0 spiro atoms. The Morgan fingerprint density at radius 1 is 0.833 bits per heavy atom. The fraction of sp³-hybridized carbons (Fsp3) is 0.438. The first-order valence-electron chi connectivity index (χ1n) is 6.57. The molecule has 0 atom stereocenters. The second-order valence-electron chi connectivity index (χ2n) is 5.40. The van der Waals surface area contributed by atoms with Crippen molar-refractivity contribution >= 4 is 11.0 Å². The van der Waals surface area contributed by atoms with Crippen molar-refractivity contribution in [1.29, 1.82) is 0 Å². The zero-order valence-corrected chi connectivity index (χ0v) is 11.4. The fourth-order valence-corrected chi connectivity index (χ4v) is 3.17. The highest BCUT2D eigenvalue weighted by atomic mass is 16.4. The molecular formula is C16H18O2. The third-order valence-electron chi connectivity index (χ3n) is 4.59. The Labute approximate surface area is 107 Å². The largest absolute Gasteiger partial charge is 0.422 e. The Kier molecular flexibility index (Phi) is 2.37. The molecule has 0 radical (unpaired) electrons. The average Bonchev–Trinajstić information content (AvgIpc) is 2.83. The van der Waals surface area contributed by atoms with E-state index in [4.69, 9.17) is 4.42 Å². The molecule has 94 valence electrons. The summed E-state index contributed by atoms with van der Waals surface area (Å²) in [6, 6.07) is 0. The molecule has 2 heteroatoms. The van der Waals surface area contributed by atoms with E-state index in [0.29, 0.717) is 0 Å². The zero-order valence-electron chi connectivity index (χ0n) is 11.4. The molecule has 0 saturated carbocycles. The minimum atomic E-state index is -0.124. The van der Waals surface area contributed by atoms with Crippen LogP contribution in [0.1, 0.15) is 39.8 Å². The van der Waals surface area contributed by atoms with Crippen LogP contribution in [0.4, 0.5) is 0 Å². The van der Waals surface area contributed by atoms with Gasteiger partial charge >= 0.3 is 5.63 Å². The highest BCUT2D eigenvalue weighted by Crippen LogP contribution is 2.34. The van der Waals surface area contributed by atoms with Gasteiger partial charge in [0.1, 0.15) is 5.58 Å². The SMILES string of the molecule is Cc1c(C)c(C)c2c3c(c(=O)oc2c1C)CCC3. The van der Waals surface area contributed by atoms with Gasteiger partial charge in [-0.15, -0.1) is 0 Å². The second kappa shape index (κ2) is 3.71. The van der Waals surface area contributed by atoms with Crippen LogP contribution in [-0.2, 0) is 12.8 Å². The average molecular weight is 242 g/mol. The van der Waals surface area contributed by atoms with E-state index in [0.717, 1.165) is 36.0 Å². The summed E-state index contributed by atoms with van der Waals surface area (Å²) in [6.45, 7) is 8.45. The van der Waals surface area contributed by atoms with Crippen molar-refractivity contribution in [3.63, 3.8) is 0 Å². The molecule has 2 nitrogen and oxygen atoms in total. The van der Waals surface area contributed by atoms with Gasteiger partial charge in [-0.05, 0) is 74.8 Å². The minimum absolute atomic E-state index is 0.124. The van der Waals surface area contributed by atoms with E-state index in [9.17, 15) is 4.79 Å². The summed E-state index contributed by atoms with van der Waals surface area (Å²) >= 11 is 0. The monoisotopic (exact) mass is 242 g/mol. The molecule has 1 heterocycles. The molecule has 2 aromatic rings. The van der Waals surface area contributed by atoms with Gasteiger partial charge in [0.05, 0.1) is 0 Å². The predicted octanol–water partition coefficient (Wildman–Crippen LogP) is 3.52. The molecule has 0 unspecified atom stereocenters. The van der Waals surface area contributed by atoms with Crippen LogP contribution in [-0.4, -0.2) is 0 Å². The van der Waals surface area contributed by atoms with E-state index in [1.165, 1.54) is 27.6 Å². The van der Waals surface area contributed by atoms with Crippen molar-refractivity contribution in [3.05, 3.63) is 43.8 Å². The van der Waals surface area contributed by atoms with E-state index in [1.54, 1.807) is 0 Å². The molecule has 1 aliphatic rings. The topological polar surface area (TPSA) is 30.2 Å². The number of hydrogen-bond acceptors (Lipinski definition) is 2. The molecule has 1 aromatic heterocycles. The van der Waals surface area contributed by atoms with Gasteiger partial charge in [-0.25, -0.2) is 4.79 Å². The molecule has 0 fully saturated rings. The van der Waals surface area contributed by atoms with E-state index in [2.05, 4.69) is 20.8 Å². The van der Waals surface area contributed by atoms with Crippen LogP contribution in [0.3, 0.4) is 0 Å². The lowest BCUT2D eigenvalue weighted by molar-refractivity contribution is 0.549. The van der Waals surface area contributed by atoms with Gasteiger partial charge in [0.2, 0.25) is 0 Å². The lowest BCUT2D eigenvalue weighted by atomic mass is 9.92. The van der Waals surface area contributed by atoms with Crippen molar-refractivity contribution in [2.24, 2.45) is 0 Å². The Morgan fingerprint density at radius 3 is 2.17 bits per heavy atom. The van der Waals surface area contributed by atoms with Crippen LogP contribution in [0.25, 0.3) is 11.0 Å². The number of benzene rings is 1. The summed E-state index contributed by atoms with van der Waals surface area (Å²) in [5, 5.41) is 1.20. The summed E-state index contributed by atoms with van der Waals surface area (Å²) < 4.78 is 5.60. The van der Waals surface area contributed by atoms with Crippen molar-refractivity contribution < 1.29 is 4.42 Å². The lowest BCUT2D eigenvalue weighted by Crippen LogP contribution is -2.09. The van der Waals surface area contributed by atoms with Gasteiger partial charge in [0.25, 0.3) is 0 Å². The summed E-state index contributed by atoms with van der Waals surface area (Å²) in [4.78, 5) is 12.0. The molecule has 0 amide bonds. The molecule has 18 heavy (non-hydrogen) atoms. The second-order valence-corrected chi connectivity index (χ2v) is 5.40. The minimum Gasteiger partial charge on any atom is -0.422 e. The Balaban J connectivity index is 2.61. The molecule has 0 saturated heterocycles. The van der Waals surface area contributed by atoms with Crippen LogP contribution in [0.5, 0.6) is 0 Å². The molecular weight excluding hydrogens is 224 g/mol. The Morgan fingerprint density at radius 2 is 1.44 bits per heavy atom. The van der Waals surface area contributed by atoms with Crippen molar-refractivity contribution in [1.82, 2.24) is 0 Å². The highest BCUT2D eigenvalue weighted by Gasteiger charge is 2.23. The van der Waals surface area contributed by atoms with Gasteiger partial charge < -0.3 is 4.42 Å². The van der Waals surface area contributed by atoms with Crippen LogP contribution in [0.2, 0.25) is 0 Å². The molecule has 0 bridgehead atoms. The van der Waals surface area contributed by atoms with Gasteiger partial charge in [0, 0.05) is 10.9 Å². The summed E-state index contributed by atoms with van der Waals surface area (Å²) in [5.74, 6) is 0. The van der Waals surface area contributed by atoms with Gasteiger partial charge in [-0.3, -0.25) is 0 Å². The van der Waals surface area contributed by atoms with Gasteiger partial charge in [0.15, 0.2) is 0 Å². The van der Waals surface area contributed by atoms with E-state index in [-0.39, 0.29) is 5.63 Å². The molecule has 1 aromatic carbocycles. The molecule has 1 aliphatic carbocycles. The fourth-order valence-electron chi connectivity index (χ4n) is 3.17. The number of aryl methyl sites for hydroxylation is 3. The highest BCUT2D eigenvalue weighted by molar-refractivity contribution is 5.89. The Bertz CT molecular complexity index is 720. The van der Waals surface area contributed by atoms with Crippen molar-refractivity contribution in [2.75, 3.05) is 0 Å². The van der Waals surface area contributed by atoms with Gasteiger partial charge in [-0.1, -0.05) is 0 Å². The van der Waals surface area contributed by atoms with E-state index in [1.807, 2.05) is 6.92 Å². The maximum Gasteiger partial charge on any atom is 0.339 e. The van der Waals surface area contributed by atoms with Crippen LogP contribution in [0, 0.1) is 27.7 Å². The quantitative estimate of drug-likeness (QED) is 0.662. The lowest BCUT2D eigenvalue weighted by Gasteiger charge is -2.15. The smallest absolute Gasteiger partial charge is 0.339 e. The zero-order chi connectivity index (χ0) is 13.0. The third-order valence-corrected chi connectivity index (χ3v) is 4.59. The maximum absolute atomic E-state index is 12.0. The predicted molar refractivity (Wildman–Crippen MR) is 73.5 cm³/mol.